The number of aliphatic hydroxyl groups is 1. The molecule has 1 aromatic heterocycles. The standard InChI is InChI=1S/C26H21F3N4O/c27-26(28,29)24-14-23(33(32-24)20-10-8-19(9-11-20)31-25(34)15-30)18-7-12-22-17(13-18)6-5-16-3-1-2-4-21(16)22/h1-14,25,31,34H,15,30H2. The maximum atomic E-state index is 13.6. The van der Waals surface area contributed by atoms with E-state index in [1.807, 2.05) is 54.6 Å². The second kappa shape index (κ2) is 8.48. The number of rotatable bonds is 5. The van der Waals surface area contributed by atoms with Gasteiger partial charge in [0.15, 0.2) is 5.69 Å². The molecule has 0 amide bonds. The average molecular weight is 462 g/mol. The van der Waals surface area contributed by atoms with Crippen molar-refractivity contribution < 1.29 is 18.3 Å². The first kappa shape index (κ1) is 21.9. The van der Waals surface area contributed by atoms with Crippen LogP contribution in [-0.4, -0.2) is 27.7 Å². The molecule has 0 bridgehead atoms. The quantitative estimate of drug-likeness (QED) is 0.236. The fourth-order valence-electron chi connectivity index (χ4n) is 4.04. The Balaban J connectivity index is 1.62. The van der Waals surface area contributed by atoms with Gasteiger partial charge in [0.2, 0.25) is 0 Å². The number of benzene rings is 4. The summed E-state index contributed by atoms with van der Waals surface area (Å²) in [5.41, 5.74) is 6.42. The van der Waals surface area contributed by atoms with E-state index < -0.39 is 18.1 Å². The van der Waals surface area contributed by atoms with Crippen LogP contribution in [-0.2, 0) is 6.18 Å². The third-order valence-corrected chi connectivity index (χ3v) is 5.71. The van der Waals surface area contributed by atoms with Gasteiger partial charge in [-0.15, -0.1) is 0 Å². The largest absolute Gasteiger partial charge is 0.435 e. The van der Waals surface area contributed by atoms with Gasteiger partial charge in [-0.1, -0.05) is 48.5 Å². The number of aromatic nitrogens is 2. The van der Waals surface area contributed by atoms with Crippen molar-refractivity contribution in [3.8, 4) is 16.9 Å². The number of nitrogens with two attached hydrogens (primary N) is 1. The van der Waals surface area contributed by atoms with Gasteiger partial charge in [0.05, 0.1) is 11.4 Å². The van der Waals surface area contributed by atoms with Crippen molar-refractivity contribution in [2.45, 2.75) is 12.4 Å². The normalized spacial score (nSPS) is 12.9. The first-order valence-electron chi connectivity index (χ1n) is 10.7. The van der Waals surface area contributed by atoms with E-state index >= 15 is 0 Å². The molecule has 5 aromatic rings. The van der Waals surface area contributed by atoms with Gasteiger partial charge in [-0.2, -0.15) is 18.3 Å². The topological polar surface area (TPSA) is 76.1 Å². The van der Waals surface area contributed by atoms with Crippen LogP contribution in [0.1, 0.15) is 5.69 Å². The lowest BCUT2D eigenvalue weighted by atomic mass is 9.99. The van der Waals surface area contributed by atoms with Gasteiger partial charge in [-0.05, 0) is 57.9 Å². The third kappa shape index (κ3) is 4.09. The van der Waals surface area contributed by atoms with Crippen molar-refractivity contribution >= 4 is 27.2 Å². The van der Waals surface area contributed by atoms with Gasteiger partial charge in [-0.25, -0.2) is 4.68 Å². The zero-order chi connectivity index (χ0) is 23.9. The van der Waals surface area contributed by atoms with Crippen LogP contribution in [0, 0.1) is 0 Å². The van der Waals surface area contributed by atoms with E-state index in [2.05, 4.69) is 10.4 Å². The van der Waals surface area contributed by atoms with E-state index in [1.165, 1.54) is 4.68 Å². The predicted molar refractivity (Wildman–Crippen MR) is 128 cm³/mol. The second-order valence-corrected chi connectivity index (χ2v) is 7.99. The van der Waals surface area contributed by atoms with E-state index in [-0.39, 0.29) is 6.54 Å². The Morgan fingerprint density at radius 1 is 0.882 bits per heavy atom. The summed E-state index contributed by atoms with van der Waals surface area (Å²) in [7, 11) is 0. The van der Waals surface area contributed by atoms with Crippen molar-refractivity contribution in [2.75, 3.05) is 11.9 Å². The molecule has 1 atom stereocenters. The maximum Gasteiger partial charge on any atom is 0.435 e. The number of hydrogen-bond donors (Lipinski definition) is 3. The van der Waals surface area contributed by atoms with Crippen molar-refractivity contribution in [3.05, 3.63) is 90.6 Å². The SMILES string of the molecule is NCC(O)Nc1ccc(-n2nc(C(F)(F)F)cc2-c2ccc3c(ccc4ccccc43)c2)cc1. The lowest BCUT2D eigenvalue weighted by Crippen LogP contribution is -2.27. The fourth-order valence-corrected chi connectivity index (χ4v) is 4.04. The molecule has 1 unspecified atom stereocenters. The molecule has 0 aliphatic heterocycles. The predicted octanol–water partition coefficient (Wildman–Crippen LogP) is 5.55. The molecule has 5 rings (SSSR count). The number of anilines is 1. The van der Waals surface area contributed by atoms with E-state index in [9.17, 15) is 18.3 Å². The molecule has 0 spiro atoms. The Labute approximate surface area is 193 Å². The zero-order valence-electron chi connectivity index (χ0n) is 17.9. The van der Waals surface area contributed by atoms with Crippen LogP contribution in [0.3, 0.4) is 0 Å². The number of nitrogens with zero attached hydrogens (tertiary/aromatic N) is 2. The monoisotopic (exact) mass is 462 g/mol. The first-order chi connectivity index (χ1) is 16.3. The molecule has 0 aliphatic carbocycles. The zero-order valence-corrected chi connectivity index (χ0v) is 17.9. The third-order valence-electron chi connectivity index (χ3n) is 5.71. The summed E-state index contributed by atoms with van der Waals surface area (Å²) in [6.45, 7) is 0.0250. The van der Waals surface area contributed by atoms with Crippen LogP contribution < -0.4 is 11.1 Å². The first-order valence-corrected chi connectivity index (χ1v) is 10.7. The van der Waals surface area contributed by atoms with Gasteiger partial charge in [0, 0.05) is 17.8 Å². The summed E-state index contributed by atoms with van der Waals surface area (Å²) in [5, 5.41) is 20.5. The smallest absolute Gasteiger partial charge is 0.372 e. The summed E-state index contributed by atoms with van der Waals surface area (Å²) in [6, 6.07) is 25.2. The Hall–Kier alpha value is -3.88. The molecule has 34 heavy (non-hydrogen) atoms. The number of aliphatic hydroxyl groups excluding tert-OH is 1. The molecule has 8 heteroatoms. The lowest BCUT2D eigenvalue weighted by molar-refractivity contribution is -0.141. The van der Waals surface area contributed by atoms with Crippen LogP contribution in [0.4, 0.5) is 18.9 Å². The minimum atomic E-state index is -4.58. The van der Waals surface area contributed by atoms with E-state index in [1.54, 1.807) is 24.3 Å². The molecule has 4 aromatic carbocycles. The fraction of sp³-hybridized carbons (Fsp3) is 0.115. The molecule has 4 N–H and O–H groups in total. The maximum absolute atomic E-state index is 13.6. The minimum absolute atomic E-state index is 0.0250. The van der Waals surface area contributed by atoms with E-state index in [0.29, 0.717) is 22.6 Å². The van der Waals surface area contributed by atoms with Crippen molar-refractivity contribution in [2.24, 2.45) is 5.73 Å². The highest BCUT2D eigenvalue weighted by Crippen LogP contribution is 2.35. The summed E-state index contributed by atoms with van der Waals surface area (Å²) in [4.78, 5) is 0. The van der Waals surface area contributed by atoms with Gasteiger partial charge in [-0.3, -0.25) is 0 Å². The molecule has 0 radical (unpaired) electrons. The number of nitrogens with one attached hydrogen (secondary N) is 1. The number of hydrogen-bond acceptors (Lipinski definition) is 4. The van der Waals surface area contributed by atoms with Crippen LogP contribution >= 0.6 is 0 Å². The summed E-state index contributed by atoms with van der Waals surface area (Å²) < 4.78 is 42.0. The highest BCUT2D eigenvalue weighted by atomic mass is 19.4. The number of fused-ring (bicyclic) bond motifs is 3. The summed E-state index contributed by atoms with van der Waals surface area (Å²) in [5.74, 6) is 0. The average Bonchev–Trinajstić information content (AvgIpc) is 3.30. The lowest BCUT2D eigenvalue weighted by Gasteiger charge is -2.13. The van der Waals surface area contributed by atoms with Gasteiger partial charge in [0.25, 0.3) is 0 Å². The van der Waals surface area contributed by atoms with E-state index in [0.717, 1.165) is 27.6 Å². The van der Waals surface area contributed by atoms with Crippen LogP contribution in [0.25, 0.3) is 38.5 Å². The number of alkyl halides is 3. The van der Waals surface area contributed by atoms with Crippen LogP contribution in [0.5, 0.6) is 0 Å². The van der Waals surface area contributed by atoms with Gasteiger partial charge < -0.3 is 16.2 Å². The molecule has 5 nitrogen and oxygen atoms in total. The minimum Gasteiger partial charge on any atom is -0.372 e. The number of halogens is 3. The summed E-state index contributed by atoms with van der Waals surface area (Å²) >= 11 is 0. The molecule has 1 heterocycles. The Bertz CT molecular complexity index is 1480. The van der Waals surface area contributed by atoms with E-state index in [4.69, 9.17) is 5.73 Å². The highest BCUT2D eigenvalue weighted by molar-refractivity contribution is 6.08. The Morgan fingerprint density at radius 3 is 2.32 bits per heavy atom. The highest BCUT2D eigenvalue weighted by Gasteiger charge is 2.35. The molecule has 0 aliphatic rings. The molecule has 0 saturated carbocycles. The van der Waals surface area contributed by atoms with Gasteiger partial charge >= 0.3 is 6.18 Å². The molecular weight excluding hydrogens is 441 g/mol. The van der Waals surface area contributed by atoms with Crippen LogP contribution in [0.2, 0.25) is 0 Å². The van der Waals surface area contributed by atoms with Crippen molar-refractivity contribution in [3.63, 3.8) is 0 Å². The van der Waals surface area contributed by atoms with Crippen molar-refractivity contribution in [1.82, 2.24) is 9.78 Å². The van der Waals surface area contributed by atoms with Crippen LogP contribution in [0.15, 0.2) is 84.9 Å². The van der Waals surface area contributed by atoms with Crippen molar-refractivity contribution in [1.29, 1.82) is 0 Å². The Morgan fingerprint density at radius 2 is 1.59 bits per heavy atom. The molecule has 172 valence electrons. The Kier molecular flexibility index (Phi) is 5.47. The molecular formula is C26H21F3N4O. The molecule has 0 saturated heterocycles. The molecule has 0 fully saturated rings. The second-order valence-electron chi connectivity index (χ2n) is 7.99. The summed E-state index contributed by atoms with van der Waals surface area (Å²) in [6.07, 6.45) is -5.50. The van der Waals surface area contributed by atoms with Gasteiger partial charge in [0.1, 0.15) is 6.23 Å².